The Bertz CT molecular complexity index is 460. The van der Waals surface area contributed by atoms with Crippen molar-refractivity contribution in [2.75, 3.05) is 33.2 Å². The SMILES string of the molecule is C1CCNCC1.CC.CC(=O)NC(C)C(C)C.CC(C)C(=O)NC(C)C(C)C.CN1CCCCC1. The standard InChI is InChI=1S/C9H19NO.C7H15NO.C6H13N.C5H11N.C2H6/c1-6(2)8(5)10-9(11)7(3)4;1-5(2)6(3)8-7(4)9;1-7-5-3-2-4-6-7;1-2-4-6-5-3-1;1-2/h6-8H,1-5H3,(H,10,11);5-6H,1-4H3,(H,8,9);2-6H2,1H3;6H,1-5H2;1-2H3. The van der Waals surface area contributed by atoms with Crippen LogP contribution < -0.4 is 16.0 Å². The van der Waals surface area contributed by atoms with Gasteiger partial charge < -0.3 is 20.9 Å². The van der Waals surface area contributed by atoms with E-state index in [4.69, 9.17) is 0 Å². The van der Waals surface area contributed by atoms with E-state index in [0.717, 1.165) is 0 Å². The van der Waals surface area contributed by atoms with Gasteiger partial charge in [0.2, 0.25) is 11.8 Å². The van der Waals surface area contributed by atoms with E-state index in [9.17, 15) is 9.59 Å². The highest BCUT2D eigenvalue weighted by Gasteiger charge is 2.12. The number of hydrogen-bond acceptors (Lipinski definition) is 4. The summed E-state index contributed by atoms with van der Waals surface area (Å²) in [5.41, 5.74) is 0. The molecule has 2 atom stereocenters. The van der Waals surface area contributed by atoms with E-state index in [1.807, 2.05) is 41.5 Å². The van der Waals surface area contributed by atoms with E-state index in [-0.39, 0.29) is 23.8 Å². The zero-order valence-electron chi connectivity index (χ0n) is 25.7. The second-order valence-corrected chi connectivity index (χ2v) is 10.6. The van der Waals surface area contributed by atoms with Crippen LogP contribution in [0.25, 0.3) is 0 Å². The molecule has 6 heteroatoms. The van der Waals surface area contributed by atoms with Gasteiger partial charge in [0, 0.05) is 24.9 Å². The molecule has 35 heavy (non-hydrogen) atoms. The summed E-state index contributed by atoms with van der Waals surface area (Å²) in [4.78, 5) is 24.0. The van der Waals surface area contributed by atoms with Crippen LogP contribution in [0.4, 0.5) is 0 Å². The van der Waals surface area contributed by atoms with Crippen molar-refractivity contribution in [2.24, 2.45) is 17.8 Å². The van der Waals surface area contributed by atoms with Gasteiger partial charge in [-0.1, -0.05) is 68.2 Å². The first-order chi connectivity index (χ1) is 16.4. The van der Waals surface area contributed by atoms with E-state index in [0.29, 0.717) is 17.9 Å². The minimum absolute atomic E-state index is 0.0520. The van der Waals surface area contributed by atoms with Crippen molar-refractivity contribution < 1.29 is 9.59 Å². The molecule has 2 unspecified atom stereocenters. The highest BCUT2D eigenvalue weighted by Crippen LogP contribution is 2.05. The van der Waals surface area contributed by atoms with Crippen LogP contribution in [0.2, 0.25) is 0 Å². The van der Waals surface area contributed by atoms with Crippen molar-refractivity contribution in [1.29, 1.82) is 0 Å². The zero-order valence-corrected chi connectivity index (χ0v) is 25.7. The van der Waals surface area contributed by atoms with E-state index in [1.54, 1.807) is 6.92 Å². The number of carbonyl (C=O) groups excluding carboxylic acids is 2. The van der Waals surface area contributed by atoms with Crippen LogP contribution in [-0.4, -0.2) is 62.0 Å². The van der Waals surface area contributed by atoms with Crippen LogP contribution in [0.15, 0.2) is 0 Å². The predicted molar refractivity (Wildman–Crippen MR) is 155 cm³/mol. The Morgan fingerprint density at radius 1 is 0.686 bits per heavy atom. The Labute approximate surface area is 220 Å². The third-order valence-electron chi connectivity index (χ3n) is 6.11. The second kappa shape index (κ2) is 25.9. The number of nitrogens with zero attached hydrogens (tertiary/aromatic N) is 1. The first-order valence-corrected chi connectivity index (χ1v) is 14.3. The fourth-order valence-corrected chi connectivity index (χ4v) is 2.90. The van der Waals surface area contributed by atoms with Crippen LogP contribution in [0.5, 0.6) is 0 Å². The molecule has 0 aromatic heterocycles. The third kappa shape index (κ3) is 29.0. The Morgan fingerprint density at radius 3 is 1.29 bits per heavy atom. The molecule has 0 aromatic rings. The summed E-state index contributed by atoms with van der Waals surface area (Å²) in [6, 6.07) is 0.576. The topological polar surface area (TPSA) is 73.5 Å². The molecule has 2 saturated heterocycles. The summed E-state index contributed by atoms with van der Waals surface area (Å²) in [5.74, 6) is 1.32. The lowest BCUT2D eigenvalue weighted by Crippen LogP contribution is -2.38. The van der Waals surface area contributed by atoms with Gasteiger partial charge in [-0.25, -0.2) is 0 Å². The number of amides is 2. The maximum Gasteiger partial charge on any atom is 0.222 e. The van der Waals surface area contributed by atoms with Crippen molar-refractivity contribution in [1.82, 2.24) is 20.9 Å². The van der Waals surface area contributed by atoms with Crippen LogP contribution in [0, 0.1) is 17.8 Å². The van der Waals surface area contributed by atoms with Crippen LogP contribution in [0.1, 0.15) is 115 Å². The molecule has 2 fully saturated rings. The maximum atomic E-state index is 11.1. The fourth-order valence-electron chi connectivity index (χ4n) is 2.90. The average Bonchev–Trinajstić information content (AvgIpc) is 2.82. The lowest BCUT2D eigenvalue weighted by atomic mass is 10.1. The average molecular weight is 501 g/mol. The minimum atomic E-state index is 0.0520. The Balaban J connectivity index is -0.000000388. The zero-order chi connectivity index (χ0) is 27.8. The van der Waals surface area contributed by atoms with Gasteiger partial charge in [0.1, 0.15) is 0 Å². The molecule has 2 rings (SSSR count). The van der Waals surface area contributed by atoms with Gasteiger partial charge in [-0.05, 0) is 84.6 Å². The van der Waals surface area contributed by atoms with E-state index in [2.05, 4.69) is 55.6 Å². The number of nitrogens with one attached hydrogen (secondary N) is 3. The van der Waals surface area contributed by atoms with Gasteiger partial charge in [-0.3, -0.25) is 9.59 Å². The summed E-state index contributed by atoms with van der Waals surface area (Å²) in [6.45, 7) is 26.9. The Morgan fingerprint density at radius 2 is 1.09 bits per heavy atom. The Hall–Kier alpha value is -1.14. The van der Waals surface area contributed by atoms with Gasteiger partial charge in [-0.2, -0.15) is 0 Å². The van der Waals surface area contributed by atoms with Gasteiger partial charge in [0.05, 0.1) is 0 Å². The molecular weight excluding hydrogens is 436 g/mol. The molecule has 0 aliphatic carbocycles. The number of likely N-dealkylation sites (tertiary alicyclic amines) is 1. The van der Waals surface area contributed by atoms with Gasteiger partial charge in [0.15, 0.2) is 0 Å². The quantitative estimate of drug-likeness (QED) is 0.442. The van der Waals surface area contributed by atoms with Crippen molar-refractivity contribution >= 4 is 11.8 Å². The summed E-state index contributed by atoms with van der Waals surface area (Å²) < 4.78 is 0. The number of hydrogen-bond donors (Lipinski definition) is 3. The largest absolute Gasteiger partial charge is 0.354 e. The fraction of sp³-hybridized carbons (Fsp3) is 0.931. The van der Waals surface area contributed by atoms with Crippen molar-refractivity contribution in [3.05, 3.63) is 0 Å². The first-order valence-electron chi connectivity index (χ1n) is 14.3. The van der Waals surface area contributed by atoms with Crippen molar-refractivity contribution in [3.63, 3.8) is 0 Å². The molecule has 0 aromatic carbocycles. The van der Waals surface area contributed by atoms with Crippen LogP contribution in [-0.2, 0) is 9.59 Å². The predicted octanol–water partition coefficient (Wildman–Crippen LogP) is 5.86. The lowest BCUT2D eigenvalue weighted by Gasteiger charge is -2.20. The summed E-state index contributed by atoms with van der Waals surface area (Å²) in [7, 11) is 2.19. The summed E-state index contributed by atoms with van der Waals surface area (Å²) >= 11 is 0. The molecule has 0 spiro atoms. The molecule has 2 amide bonds. The molecular formula is C29H64N4O2. The minimum Gasteiger partial charge on any atom is -0.354 e. The second-order valence-electron chi connectivity index (χ2n) is 10.6. The Kier molecular flexibility index (Phi) is 28.5. The maximum absolute atomic E-state index is 11.1. The molecule has 0 radical (unpaired) electrons. The van der Waals surface area contributed by atoms with Gasteiger partial charge in [0.25, 0.3) is 0 Å². The van der Waals surface area contributed by atoms with Gasteiger partial charge >= 0.3 is 0 Å². The van der Waals surface area contributed by atoms with E-state index >= 15 is 0 Å². The lowest BCUT2D eigenvalue weighted by molar-refractivity contribution is -0.125. The molecule has 2 aliphatic rings. The molecule has 3 N–H and O–H groups in total. The molecule has 0 bridgehead atoms. The highest BCUT2D eigenvalue weighted by atomic mass is 16.2. The molecule has 2 heterocycles. The molecule has 212 valence electrons. The number of piperidine rings is 2. The monoisotopic (exact) mass is 501 g/mol. The molecule has 6 nitrogen and oxygen atoms in total. The van der Waals surface area contributed by atoms with E-state index < -0.39 is 0 Å². The number of carbonyl (C=O) groups is 2. The van der Waals surface area contributed by atoms with Crippen LogP contribution in [0.3, 0.4) is 0 Å². The first kappa shape index (κ1) is 38.4. The van der Waals surface area contributed by atoms with Crippen LogP contribution >= 0.6 is 0 Å². The summed E-state index contributed by atoms with van der Waals surface area (Å²) in [5, 5.41) is 9.03. The normalized spacial score (nSPS) is 17.1. The highest BCUT2D eigenvalue weighted by molar-refractivity contribution is 5.78. The molecule has 0 saturated carbocycles. The van der Waals surface area contributed by atoms with Crippen molar-refractivity contribution in [2.45, 2.75) is 127 Å². The van der Waals surface area contributed by atoms with Crippen molar-refractivity contribution in [3.8, 4) is 0 Å². The summed E-state index contributed by atoms with van der Waals surface area (Å²) in [6.07, 6.45) is 8.49. The van der Waals surface area contributed by atoms with E-state index in [1.165, 1.54) is 64.7 Å². The van der Waals surface area contributed by atoms with Gasteiger partial charge in [-0.15, -0.1) is 0 Å². The molecule has 2 aliphatic heterocycles. The number of rotatable bonds is 5. The smallest absolute Gasteiger partial charge is 0.222 e. The third-order valence-corrected chi connectivity index (χ3v) is 6.11.